The van der Waals surface area contributed by atoms with Crippen molar-refractivity contribution in [1.29, 1.82) is 0 Å². The normalized spacial score (nSPS) is 21.2. The molecule has 1 atom stereocenters. The fourth-order valence-corrected chi connectivity index (χ4v) is 1.77. The lowest BCUT2D eigenvalue weighted by atomic mass is 9.92. The minimum atomic E-state index is -0.124. The van der Waals surface area contributed by atoms with Crippen molar-refractivity contribution in [2.24, 2.45) is 0 Å². The van der Waals surface area contributed by atoms with Gasteiger partial charge >= 0.3 is 0 Å². The van der Waals surface area contributed by atoms with Gasteiger partial charge in [0, 0.05) is 6.04 Å². The molecule has 1 aromatic rings. The number of hydrogen-bond acceptors (Lipinski definition) is 1. The molecule has 0 bridgehead atoms. The number of aryl methyl sites for hydroxylation is 1. The van der Waals surface area contributed by atoms with Crippen LogP contribution >= 0.6 is 0 Å². The van der Waals surface area contributed by atoms with Crippen molar-refractivity contribution < 1.29 is 4.39 Å². The second kappa shape index (κ2) is 3.46. The van der Waals surface area contributed by atoms with E-state index < -0.39 is 0 Å². The summed E-state index contributed by atoms with van der Waals surface area (Å²) in [5.74, 6) is -0.124. The van der Waals surface area contributed by atoms with Crippen LogP contribution in [-0.4, -0.2) is 6.54 Å². The second-order valence-electron chi connectivity index (χ2n) is 3.49. The molecule has 0 spiro atoms. The van der Waals surface area contributed by atoms with Crippen LogP contribution in [0, 0.1) is 5.82 Å². The minimum absolute atomic E-state index is 0.124. The summed E-state index contributed by atoms with van der Waals surface area (Å²) in [6, 6.07) is 5.49. The van der Waals surface area contributed by atoms with E-state index in [2.05, 4.69) is 12.2 Å². The Hall–Kier alpha value is -0.890. The average Bonchev–Trinajstić information content (AvgIpc) is 2.02. The first-order chi connectivity index (χ1) is 6.31. The topological polar surface area (TPSA) is 12.0 Å². The number of hydrogen-bond donors (Lipinski definition) is 1. The van der Waals surface area contributed by atoms with Crippen LogP contribution in [0.3, 0.4) is 0 Å². The molecule has 2 heteroatoms. The highest BCUT2D eigenvalue weighted by Gasteiger charge is 2.20. The summed E-state index contributed by atoms with van der Waals surface area (Å²) in [6.45, 7) is 3.17. The van der Waals surface area contributed by atoms with Crippen molar-refractivity contribution >= 4 is 0 Å². The van der Waals surface area contributed by atoms with Gasteiger partial charge < -0.3 is 5.32 Å². The van der Waals surface area contributed by atoms with Gasteiger partial charge in [0.1, 0.15) is 5.82 Å². The molecule has 2 rings (SSSR count). The van der Waals surface area contributed by atoms with Gasteiger partial charge in [0.05, 0.1) is 0 Å². The van der Waals surface area contributed by atoms with E-state index in [0.717, 1.165) is 24.9 Å². The zero-order valence-electron chi connectivity index (χ0n) is 7.81. The summed E-state index contributed by atoms with van der Waals surface area (Å²) in [5.41, 5.74) is 2.41. The maximum atomic E-state index is 13.0. The van der Waals surface area contributed by atoms with E-state index in [-0.39, 0.29) is 5.82 Å². The Morgan fingerprint density at radius 1 is 1.54 bits per heavy atom. The predicted octanol–water partition coefficient (Wildman–Crippen LogP) is 2.42. The molecular weight excluding hydrogens is 165 g/mol. The molecule has 0 aromatic heterocycles. The van der Waals surface area contributed by atoms with Crippen LogP contribution in [0.2, 0.25) is 0 Å². The zero-order valence-corrected chi connectivity index (χ0v) is 7.81. The van der Waals surface area contributed by atoms with Gasteiger partial charge in [-0.2, -0.15) is 0 Å². The Balaban J connectivity index is 2.33. The second-order valence-corrected chi connectivity index (χ2v) is 3.49. The van der Waals surface area contributed by atoms with Gasteiger partial charge in [-0.05, 0) is 42.6 Å². The lowest BCUT2D eigenvalue weighted by molar-refractivity contribution is 0.379. The Morgan fingerprint density at radius 3 is 2.85 bits per heavy atom. The number of nitrogens with one attached hydrogen (secondary N) is 1. The lowest BCUT2D eigenvalue weighted by Crippen LogP contribution is -2.35. The van der Waals surface area contributed by atoms with Crippen molar-refractivity contribution in [2.45, 2.75) is 25.8 Å². The SMILES string of the molecule is CCc1ccc(F)cc1C1CCN1. The van der Waals surface area contributed by atoms with Crippen LogP contribution in [0.25, 0.3) is 0 Å². The molecule has 1 heterocycles. The maximum Gasteiger partial charge on any atom is 0.123 e. The Kier molecular flexibility index (Phi) is 2.32. The van der Waals surface area contributed by atoms with Gasteiger partial charge in [-0.3, -0.25) is 0 Å². The molecular formula is C11H14FN. The van der Waals surface area contributed by atoms with Crippen molar-refractivity contribution in [3.05, 3.63) is 35.1 Å². The fraction of sp³-hybridized carbons (Fsp3) is 0.455. The maximum absolute atomic E-state index is 13.0. The average molecular weight is 179 g/mol. The Morgan fingerprint density at radius 2 is 2.31 bits per heavy atom. The van der Waals surface area contributed by atoms with Crippen LogP contribution < -0.4 is 5.32 Å². The Bertz CT molecular complexity index is 305. The molecule has 1 fully saturated rings. The largest absolute Gasteiger partial charge is 0.310 e. The molecule has 0 amide bonds. The van der Waals surface area contributed by atoms with Crippen molar-refractivity contribution in [2.75, 3.05) is 6.54 Å². The summed E-state index contributed by atoms with van der Waals surface area (Å²) < 4.78 is 13.0. The van der Waals surface area contributed by atoms with Crippen molar-refractivity contribution in [3.63, 3.8) is 0 Å². The van der Waals surface area contributed by atoms with Crippen LogP contribution in [0.15, 0.2) is 18.2 Å². The highest BCUT2D eigenvalue weighted by molar-refractivity contribution is 5.31. The van der Waals surface area contributed by atoms with Gasteiger partial charge in [0.15, 0.2) is 0 Å². The molecule has 0 radical (unpaired) electrons. The van der Waals surface area contributed by atoms with Crippen molar-refractivity contribution in [1.82, 2.24) is 5.32 Å². The summed E-state index contributed by atoms with van der Waals surface area (Å²) in [4.78, 5) is 0. The number of benzene rings is 1. The molecule has 1 aliphatic heterocycles. The van der Waals surface area contributed by atoms with Crippen LogP contribution in [0.1, 0.15) is 30.5 Å². The van der Waals surface area contributed by atoms with E-state index >= 15 is 0 Å². The number of halogens is 1. The third-order valence-corrected chi connectivity index (χ3v) is 2.69. The fourth-order valence-electron chi connectivity index (χ4n) is 1.77. The summed E-state index contributed by atoms with van der Waals surface area (Å²) >= 11 is 0. The third kappa shape index (κ3) is 1.59. The van der Waals surface area contributed by atoms with E-state index in [9.17, 15) is 4.39 Å². The smallest absolute Gasteiger partial charge is 0.123 e. The monoisotopic (exact) mass is 179 g/mol. The van der Waals surface area contributed by atoms with Gasteiger partial charge in [-0.1, -0.05) is 13.0 Å². The zero-order chi connectivity index (χ0) is 9.26. The molecule has 1 saturated heterocycles. The van der Waals surface area contributed by atoms with Gasteiger partial charge in [0.25, 0.3) is 0 Å². The van der Waals surface area contributed by atoms with Gasteiger partial charge in [-0.25, -0.2) is 4.39 Å². The molecule has 70 valence electrons. The molecule has 13 heavy (non-hydrogen) atoms. The molecule has 0 aliphatic carbocycles. The quantitative estimate of drug-likeness (QED) is 0.735. The molecule has 0 saturated carbocycles. The van der Waals surface area contributed by atoms with E-state index in [1.807, 2.05) is 6.07 Å². The summed E-state index contributed by atoms with van der Waals surface area (Å²) in [5, 5.41) is 3.30. The van der Waals surface area contributed by atoms with E-state index in [1.54, 1.807) is 12.1 Å². The molecule has 1 nitrogen and oxygen atoms in total. The van der Waals surface area contributed by atoms with Crippen LogP contribution in [0.5, 0.6) is 0 Å². The lowest BCUT2D eigenvalue weighted by Gasteiger charge is -2.29. The first-order valence-electron chi connectivity index (χ1n) is 4.83. The summed E-state index contributed by atoms with van der Waals surface area (Å²) in [7, 11) is 0. The van der Waals surface area contributed by atoms with E-state index in [0.29, 0.717) is 6.04 Å². The molecule has 1 N–H and O–H groups in total. The summed E-state index contributed by atoms with van der Waals surface area (Å²) in [6.07, 6.45) is 2.12. The Labute approximate surface area is 78.0 Å². The van der Waals surface area contributed by atoms with Crippen LogP contribution in [-0.2, 0) is 6.42 Å². The first kappa shape index (κ1) is 8.70. The third-order valence-electron chi connectivity index (χ3n) is 2.69. The van der Waals surface area contributed by atoms with Gasteiger partial charge in [-0.15, -0.1) is 0 Å². The minimum Gasteiger partial charge on any atom is -0.310 e. The van der Waals surface area contributed by atoms with Crippen LogP contribution in [0.4, 0.5) is 4.39 Å². The standard InChI is InChI=1S/C11H14FN/c1-2-8-3-4-9(12)7-10(8)11-5-6-13-11/h3-4,7,11,13H,2,5-6H2,1H3. The highest BCUT2D eigenvalue weighted by Crippen LogP contribution is 2.26. The molecule has 1 aliphatic rings. The van der Waals surface area contributed by atoms with Gasteiger partial charge in [0.2, 0.25) is 0 Å². The predicted molar refractivity (Wildman–Crippen MR) is 51.1 cm³/mol. The molecule has 1 aromatic carbocycles. The van der Waals surface area contributed by atoms with Crippen molar-refractivity contribution in [3.8, 4) is 0 Å². The first-order valence-corrected chi connectivity index (χ1v) is 4.83. The highest BCUT2D eigenvalue weighted by atomic mass is 19.1. The van der Waals surface area contributed by atoms with E-state index in [1.165, 1.54) is 5.56 Å². The number of rotatable bonds is 2. The van der Waals surface area contributed by atoms with E-state index in [4.69, 9.17) is 0 Å². The molecule has 1 unspecified atom stereocenters.